The summed E-state index contributed by atoms with van der Waals surface area (Å²) < 4.78 is 5.79. The van der Waals surface area contributed by atoms with Crippen molar-refractivity contribution >= 4 is 5.91 Å². The van der Waals surface area contributed by atoms with Gasteiger partial charge in [0.25, 0.3) is 0 Å². The van der Waals surface area contributed by atoms with Crippen LogP contribution in [0.3, 0.4) is 0 Å². The molecule has 0 aliphatic carbocycles. The summed E-state index contributed by atoms with van der Waals surface area (Å²) in [6, 6.07) is 11.4. The van der Waals surface area contributed by atoms with Gasteiger partial charge in [-0.2, -0.15) is 0 Å². The van der Waals surface area contributed by atoms with Crippen LogP contribution in [-0.2, 0) is 16.1 Å². The van der Waals surface area contributed by atoms with Gasteiger partial charge in [-0.05, 0) is 51.1 Å². The standard InChI is InChI=1S/C21H32N2O2/c1-2-23-20-13-15-22(19(20)11-8-12-21(23)24)14-6-7-16-25-17-18-9-4-3-5-10-18/h3-5,9-10,19-20H,2,6-8,11-17H2,1H3/t19-,20-/m1/s1. The highest BCUT2D eigenvalue weighted by Gasteiger charge is 2.40. The maximum atomic E-state index is 12.2. The SMILES string of the molecule is CCN1C(=O)CCC[C@@H]2[C@H]1CCN2CCCCOCc1ccccc1. The number of likely N-dealkylation sites (tertiary alicyclic amines) is 2. The van der Waals surface area contributed by atoms with E-state index in [1.165, 1.54) is 18.4 Å². The van der Waals surface area contributed by atoms with Gasteiger partial charge >= 0.3 is 0 Å². The molecule has 0 spiro atoms. The highest BCUT2D eigenvalue weighted by Crippen LogP contribution is 2.30. The van der Waals surface area contributed by atoms with Crippen LogP contribution in [0.25, 0.3) is 0 Å². The third kappa shape index (κ3) is 4.83. The molecule has 2 fully saturated rings. The Morgan fingerprint density at radius 3 is 2.76 bits per heavy atom. The van der Waals surface area contributed by atoms with Crippen molar-refractivity contribution in [3.8, 4) is 0 Å². The van der Waals surface area contributed by atoms with Gasteiger partial charge < -0.3 is 9.64 Å². The molecule has 0 unspecified atom stereocenters. The summed E-state index contributed by atoms with van der Waals surface area (Å²) in [5.74, 6) is 0.367. The minimum atomic E-state index is 0.367. The van der Waals surface area contributed by atoms with E-state index in [4.69, 9.17) is 4.74 Å². The number of hydrogen-bond acceptors (Lipinski definition) is 3. The summed E-state index contributed by atoms with van der Waals surface area (Å²) in [5.41, 5.74) is 1.24. The molecule has 2 aliphatic rings. The minimum absolute atomic E-state index is 0.367. The van der Waals surface area contributed by atoms with E-state index < -0.39 is 0 Å². The highest BCUT2D eigenvalue weighted by atomic mass is 16.5. The number of unbranched alkanes of at least 4 members (excludes halogenated alkanes) is 1. The van der Waals surface area contributed by atoms with Crippen LogP contribution < -0.4 is 0 Å². The number of hydrogen-bond donors (Lipinski definition) is 0. The summed E-state index contributed by atoms with van der Waals surface area (Å²) in [4.78, 5) is 17.0. The van der Waals surface area contributed by atoms with Crippen molar-refractivity contribution in [2.75, 3.05) is 26.2 Å². The number of ether oxygens (including phenoxy) is 1. The van der Waals surface area contributed by atoms with Crippen LogP contribution in [-0.4, -0.2) is 54.0 Å². The topological polar surface area (TPSA) is 32.8 Å². The zero-order chi connectivity index (χ0) is 17.5. The second kappa shape index (κ2) is 9.35. The largest absolute Gasteiger partial charge is 0.377 e. The first-order valence-electron chi connectivity index (χ1n) is 9.94. The number of likely N-dealkylation sites (N-methyl/N-ethyl adjacent to an activating group) is 1. The van der Waals surface area contributed by atoms with Crippen LogP contribution >= 0.6 is 0 Å². The van der Waals surface area contributed by atoms with Crippen LogP contribution in [0.4, 0.5) is 0 Å². The van der Waals surface area contributed by atoms with E-state index >= 15 is 0 Å². The number of nitrogens with zero attached hydrogens (tertiary/aromatic N) is 2. The second-order valence-electron chi connectivity index (χ2n) is 7.28. The van der Waals surface area contributed by atoms with E-state index in [0.717, 1.165) is 51.9 Å². The maximum absolute atomic E-state index is 12.2. The number of fused-ring (bicyclic) bond motifs is 1. The van der Waals surface area contributed by atoms with Crippen molar-refractivity contribution in [2.45, 2.75) is 64.1 Å². The van der Waals surface area contributed by atoms with Crippen molar-refractivity contribution < 1.29 is 9.53 Å². The molecule has 1 amide bonds. The number of carbonyl (C=O) groups excluding carboxylic acids is 1. The number of carbonyl (C=O) groups is 1. The summed E-state index contributed by atoms with van der Waals surface area (Å²) in [6.45, 7) is 6.80. The smallest absolute Gasteiger partial charge is 0.222 e. The lowest BCUT2D eigenvalue weighted by Gasteiger charge is -2.32. The Kier molecular flexibility index (Phi) is 6.88. The molecule has 2 saturated heterocycles. The zero-order valence-electron chi connectivity index (χ0n) is 15.5. The first-order chi connectivity index (χ1) is 12.3. The van der Waals surface area contributed by atoms with Gasteiger partial charge in [-0.3, -0.25) is 9.69 Å². The molecule has 1 aromatic rings. The number of amides is 1. The van der Waals surface area contributed by atoms with E-state index in [9.17, 15) is 4.79 Å². The average Bonchev–Trinajstić information content (AvgIpc) is 2.94. The summed E-state index contributed by atoms with van der Waals surface area (Å²) >= 11 is 0. The average molecular weight is 344 g/mol. The molecule has 0 N–H and O–H groups in total. The Balaban J connectivity index is 1.37. The molecular formula is C21H32N2O2. The Hall–Kier alpha value is -1.39. The predicted molar refractivity (Wildman–Crippen MR) is 100 cm³/mol. The molecule has 4 nitrogen and oxygen atoms in total. The lowest BCUT2D eigenvalue weighted by molar-refractivity contribution is -0.132. The number of benzene rings is 1. The van der Waals surface area contributed by atoms with Gasteiger partial charge in [0.15, 0.2) is 0 Å². The molecule has 2 atom stereocenters. The molecule has 0 radical (unpaired) electrons. The molecule has 2 heterocycles. The summed E-state index contributed by atoms with van der Waals surface area (Å²) in [6.07, 6.45) is 6.40. The highest BCUT2D eigenvalue weighted by molar-refractivity contribution is 5.77. The van der Waals surface area contributed by atoms with Gasteiger partial charge in [0, 0.05) is 38.2 Å². The molecule has 2 aliphatic heterocycles. The fourth-order valence-corrected chi connectivity index (χ4v) is 4.40. The van der Waals surface area contributed by atoms with Crippen molar-refractivity contribution in [3.05, 3.63) is 35.9 Å². The van der Waals surface area contributed by atoms with Crippen LogP contribution in [0.15, 0.2) is 30.3 Å². The molecule has 0 saturated carbocycles. The third-order valence-corrected chi connectivity index (χ3v) is 5.67. The Bertz CT molecular complexity index is 534. The van der Waals surface area contributed by atoms with E-state index in [1.54, 1.807) is 0 Å². The molecule has 0 bridgehead atoms. The van der Waals surface area contributed by atoms with Gasteiger partial charge in [0.05, 0.1) is 6.61 Å². The van der Waals surface area contributed by atoms with Gasteiger partial charge in [-0.1, -0.05) is 30.3 Å². The van der Waals surface area contributed by atoms with Gasteiger partial charge in [-0.25, -0.2) is 0 Å². The molecule has 4 heteroatoms. The van der Waals surface area contributed by atoms with Crippen LogP contribution in [0.2, 0.25) is 0 Å². The van der Waals surface area contributed by atoms with Crippen molar-refractivity contribution in [1.82, 2.24) is 9.80 Å². The van der Waals surface area contributed by atoms with E-state index in [1.807, 2.05) is 6.07 Å². The molecule has 3 rings (SSSR count). The van der Waals surface area contributed by atoms with Gasteiger partial charge in [-0.15, -0.1) is 0 Å². The van der Waals surface area contributed by atoms with Crippen molar-refractivity contribution in [1.29, 1.82) is 0 Å². The second-order valence-corrected chi connectivity index (χ2v) is 7.28. The fraction of sp³-hybridized carbons (Fsp3) is 0.667. The molecule has 138 valence electrons. The molecular weight excluding hydrogens is 312 g/mol. The zero-order valence-corrected chi connectivity index (χ0v) is 15.5. The van der Waals surface area contributed by atoms with E-state index in [2.05, 4.69) is 41.0 Å². The molecule has 0 aromatic heterocycles. The van der Waals surface area contributed by atoms with Crippen LogP contribution in [0.1, 0.15) is 51.0 Å². The summed E-state index contributed by atoms with van der Waals surface area (Å²) in [7, 11) is 0. The quantitative estimate of drug-likeness (QED) is 0.677. The van der Waals surface area contributed by atoms with Gasteiger partial charge in [0.1, 0.15) is 0 Å². The normalized spacial score (nSPS) is 24.4. The Morgan fingerprint density at radius 1 is 1.12 bits per heavy atom. The van der Waals surface area contributed by atoms with Crippen molar-refractivity contribution in [3.63, 3.8) is 0 Å². The first kappa shape index (κ1) is 18.4. The lowest BCUT2D eigenvalue weighted by Crippen LogP contribution is -2.46. The van der Waals surface area contributed by atoms with Gasteiger partial charge in [0.2, 0.25) is 5.91 Å². The predicted octanol–water partition coefficient (Wildman–Crippen LogP) is 3.46. The first-order valence-corrected chi connectivity index (χ1v) is 9.94. The lowest BCUT2D eigenvalue weighted by atomic mass is 10.0. The van der Waals surface area contributed by atoms with Crippen LogP contribution in [0.5, 0.6) is 0 Å². The monoisotopic (exact) mass is 344 g/mol. The fourth-order valence-electron chi connectivity index (χ4n) is 4.40. The van der Waals surface area contributed by atoms with E-state index in [0.29, 0.717) is 24.6 Å². The van der Waals surface area contributed by atoms with Crippen LogP contribution in [0, 0.1) is 0 Å². The van der Waals surface area contributed by atoms with E-state index in [-0.39, 0.29) is 0 Å². The minimum Gasteiger partial charge on any atom is -0.377 e. The van der Waals surface area contributed by atoms with Crippen molar-refractivity contribution in [2.24, 2.45) is 0 Å². The summed E-state index contributed by atoms with van der Waals surface area (Å²) in [5, 5.41) is 0. The maximum Gasteiger partial charge on any atom is 0.222 e. The molecule has 1 aromatic carbocycles. The Morgan fingerprint density at radius 2 is 1.96 bits per heavy atom. The Labute approximate surface area is 152 Å². The number of rotatable bonds is 8. The molecule has 25 heavy (non-hydrogen) atoms. The third-order valence-electron chi connectivity index (χ3n) is 5.67.